The Morgan fingerprint density at radius 1 is 0.900 bits per heavy atom. The molecule has 40 heavy (non-hydrogen) atoms. The summed E-state index contributed by atoms with van der Waals surface area (Å²) in [7, 11) is 0. The van der Waals surface area contributed by atoms with Gasteiger partial charge < -0.3 is 19.7 Å². The number of ether oxygens (including phenoxy) is 2. The largest absolute Gasteiger partial charge is 0.378 e. The third kappa shape index (κ3) is 9.51. The minimum atomic E-state index is -0.848. The number of carbonyl (C=O) groups is 4. The van der Waals surface area contributed by atoms with Crippen molar-refractivity contribution in [1.82, 2.24) is 10.2 Å². The number of rotatable bonds is 14. The molecular weight excluding hydrogens is 508 g/mol. The SMILES string of the molecule is O=C(CC1CCCC1)C(=O)C(COCc1ccccc1)CC(=O)[C@H](CC1CCCCC1)NC(=O)N1CCOCC1. The predicted molar refractivity (Wildman–Crippen MR) is 152 cm³/mol. The van der Waals surface area contributed by atoms with E-state index >= 15 is 0 Å². The van der Waals surface area contributed by atoms with Crippen molar-refractivity contribution in [3.05, 3.63) is 35.9 Å². The molecule has 1 unspecified atom stereocenters. The number of hydrogen-bond acceptors (Lipinski definition) is 6. The second kappa shape index (κ2) is 16.0. The number of hydrogen-bond donors (Lipinski definition) is 1. The first kappa shape index (κ1) is 30.4. The van der Waals surface area contributed by atoms with Gasteiger partial charge in [0, 0.05) is 25.9 Å². The number of carbonyl (C=O) groups excluding carboxylic acids is 4. The Labute approximate surface area is 238 Å². The van der Waals surface area contributed by atoms with E-state index in [0.717, 1.165) is 56.9 Å². The van der Waals surface area contributed by atoms with Crippen LogP contribution in [0.2, 0.25) is 0 Å². The lowest BCUT2D eigenvalue weighted by atomic mass is 9.82. The topological polar surface area (TPSA) is 102 Å². The summed E-state index contributed by atoms with van der Waals surface area (Å²) >= 11 is 0. The quantitative estimate of drug-likeness (QED) is 0.329. The highest BCUT2D eigenvalue weighted by Crippen LogP contribution is 2.30. The Hall–Kier alpha value is -2.58. The zero-order chi connectivity index (χ0) is 28.2. The highest BCUT2D eigenvalue weighted by Gasteiger charge is 2.34. The molecule has 1 aromatic rings. The lowest BCUT2D eigenvalue weighted by Crippen LogP contribution is -2.52. The highest BCUT2D eigenvalue weighted by molar-refractivity contribution is 6.38. The zero-order valence-electron chi connectivity index (χ0n) is 23.8. The monoisotopic (exact) mass is 554 g/mol. The molecule has 0 spiro atoms. The molecule has 2 aliphatic carbocycles. The number of ketones is 3. The molecule has 2 saturated carbocycles. The summed E-state index contributed by atoms with van der Waals surface area (Å²) in [6, 6.07) is 8.69. The Kier molecular flexibility index (Phi) is 12.2. The summed E-state index contributed by atoms with van der Waals surface area (Å²) < 4.78 is 11.3. The Bertz CT molecular complexity index is 965. The molecule has 3 fully saturated rings. The predicted octanol–water partition coefficient (Wildman–Crippen LogP) is 4.88. The van der Waals surface area contributed by atoms with Gasteiger partial charge in [-0.25, -0.2) is 4.79 Å². The summed E-state index contributed by atoms with van der Waals surface area (Å²) in [6.07, 6.45) is 10.4. The minimum Gasteiger partial charge on any atom is -0.378 e. The molecule has 1 N–H and O–H groups in total. The molecule has 220 valence electrons. The van der Waals surface area contributed by atoms with Crippen molar-refractivity contribution in [2.45, 2.75) is 89.7 Å². The molecule has 1 aliphatic heterocycles. The molecule has 8 nitrogen and oxygen atoms in total. The Morgan fingerprint density at radius 3 is 2.25 bits per heavy atom. The maximum atomic E-state index is 13.8. The van der Waals surface area contributed by atoms with Crippen molar-refractivity contribution in [2.75, 3.05) is 32.9 Å². The molecule has 0 bridgehead atoms. The van der Waals surface area contributed by atoms with Gasteiger partial charge in [-0.05, 0) is 23.8 Å². The van der Waals surface area contributed by atoms with E-state index in [9.17, 15) is 19.2 Å². The zero-order valence-corrected chi connectivity index (χ0v) is 23.8. The van der Waals surface area contributed by atoms with Crippen molar-refractivity contribution in [2.24, 2.45) is 17.8 Å². The van der Waals surface area contributed by atoms with Crippen LogP contribution in [0.5, 0.6) is 0 Å². The van der Waals surface area contributed by atoms with Crippen LogP contribution < -0.4 is 5.32 Å². The fraction of sp³-hybridized carbons (Fsp3) is 0.688. The molecule has 1 aromatic carbocycles. The average molecular weight is 555 g/mol. The van der Waals surface area contributed by atoms with Gasteiger partial charge in [0.15, 0.2) is 11.6 Å². The lowest BCUT2D eigenvalue weighted by molar-refractivity contribution is -0.142. The van der Waals surface area contributed by atoms with Gasteiger partial charge in [0.05, 0.1) is 38.4 Å². The standard InChI is InChI=1S/C32H46N2O6/c35-29(28(19-24-9-3-1-4-10-24)33-32(38)34-15-17-39-18-16-34)21-27(23-40-22-26-13-5-2-6-14-26)31(37)30(36)20-25-11-7-8-12-25/h2,5-6,13-14,24-25,27-28H,1,3-4,7-12,15-23H2,(H,33,38)/t27?,28-/m0/s1. The summed E-state index contributed by atoms with van der Waals surface area (Å²) in [4.78, 5) is 54.9. The highest BCUT2D eigenvalue weighted by atomic mass is 16.5. The second-order valence-electron chi connectivity index (χ2n) is 11.9. The number of Topliss-reactive ketones (excluding diaryl/α,β-unsaturated/α-hetero) is 3. The molecule has 2 atom stereocenters. The first-order valence-corrected chi connectivity index (χ1v) is 15.3. The normalized spacial score (nSPS) is 20.1. The van der Waals surface area contributed by atoms with Gasteiger partial charge in [-0.3, -0.25) is 14.4 Å². The summed E-state index contributed by atoms with van der Waals surface area (Å²) in [5.74, 6) is -1.33. The summed E-state index contributed by atoms with van der Waals surface area (Å²) in [5.41, 5.74) is 0.963. The summed E-state index contributed by atoms with van der Waals surface area (Å²) in [5, 5.41) is 2.99. The first-order valence-electron chi connectivity index (χ1n) is 15.3. The second-order valence-corrected chi connectivity index (χ2v) is 11.9. The van der Waals surface area contributed by atoms with Crippen LogP contribution in [0, 0.1) is 17.8 Å². The molecule has 3 aliphatic rings. The van der Waals surface area contributed by atoms with Gasteiger partial charge in [0.1, 0.15) is 0 Å². The molecule has 2 amide bonds. The van der Waals surface area contributed by atoms with Gasteiger partial charge in [-0.1, -0.05) is 88.1 Å². The van der Waals surface area contributed by atoms with Gasteiger partial charge in [0.2, 0.25) is 5.78 Å². The van der Waals surface area contributed by atoms with Gasteiger partial charge in [-0.15, -0.1) is 0 Å². The van der Waals surface area contributed by atoms with Gasteiger partial charge in [-0.2, -0.15) is 0 Å². The average Bonchev–Trinajstić information content (AvgIpc) is 3.50. The maximum Gasteiger partial charge on any atom is 0.318 e. The third-order valence-electron chi connectivity index (χ3n) is 8.75. The van der Waals surface area contributed by atoms with Crippen LogP contribution in [-0.2, 0) is 30.5 Å². The van der Waals surface area contributed by atoms with Crippen LogP contribution in [0.4, 0.5) is 4.79 Å². The third-order valence-corrected chi connectivity index (χ3v) is 8.75. The maximum absolute atomic E-state index is 13.8. The summed E-state index contributed by atoms with van der Waals surface area (Å²) in [6.45, 7) is 2.24. The Balaban J connectivity index is 1.43. The van der Waals surface area contributed by atoms with E-state index in [1.165, 1.54) is 6.42 Å². The number of nitrogens with one attached hydrogen (secondary N) is 1. The first-order chi connectivity index (χ1) is 19.5. The van der Waals surface area contributed by atoms with Crippen molar-refractivity contribution in [3.8, 4) is 0 Å². The number of amides is 2. The van der Waals surface area contributed by atoms with Crippen LogP contribution in [-0.4, -0.2) is 67.2 Å². The number of nitrogens with zero attached hydrogens (tertiary/aromatic N) is 1. The van der Waals surface area contributed by atoms with Gasteiger partial charge >= 0.3 is 6.03 Å². The van der Waals surface area contributed by atoms with E-state index in [1.54, 1.807) is 4.90 Å². The molecule has 8 heteroatoms. The van der Waals surface area contributed by atoms with E-state index in [-0.39, 0.29) is 37.2 Å². The van der Waals surface area contributed by atoms with E-state index in [4.69, 9.17) is 9.47 Å². The fourth-order valence-electron chi connectivity index (χ4n) is 6.34. The van der Waals surface area contributed by atoms with E-state index in [0.29, 0.717) is 45.2 Å². The molecule has 1 saturated heterocycles. The molecule has 0 aromatic heterocycles. The van der Waals surface area contributed by atoms with Crippen LogP contribution in [0.1, 0.15) is 82.6 Å². The molecule has 0 radical (unpaired) electrons. The lowest BCUT2D eigenvalue weighted by Gasteiger charge is -2.31. The van der Waals surface area contributed by atoms with Crippen LogP contribution in [0.3, 0.4) is 0 Å². The van der Waals surface area contributed by atoms with Crippen molar-refractivity contribution < 1.29 is 28.7 Å². The van der Waals surface area contributed by atoms with Crippen LogP contribution in [0.25, 0.3) is 0 Å². The molecular formula is C32H46N2O6. The smallest absolute Gasteiger partial charge is 0.318 e. The van der Waals surface area contributed by atoms with E-state index in [1.807, 2.05) is 30.3 Å². The van der Waals surface area contributed by atoms with Crippen molar-refractivity contribution in [3.63, 3.8) is 0 Å². The van der Waals surface area contributed by atoms with Crippen molar-refractivity contribution >= 4 is 23.4 Å². The minimum absolute atomic E-state index is 0.00341. The van der Waals surface area contributed by atoms with E-state index in [2.05, 4.69) is 5.32 Å². The number of morpholine rings is 1. The number of urea groups is 1. The van der Waals surface area contributed by atoms with Gasteiger partial charge in [0.25, 0.3) is 0 Å². The molecule has 4 rings (SSSR count). The van der Waals surface area contributed by atoms with Crippen LogP contribution >= 0.6 is 0 Å². The number of benzene rings is 1. The molecule has 1 heterocycles. The van der Waals surface area contributed by atoms with E-state index < -0.39 is 23.5 Å². The fourth-order valence-corrected chi connectivity index (χ4v) is 6.34. The van der Waals surface area contributed by atoms with Crippen LogP contribution in [0.15, 0.2) is 30.3 Å². The van der Waals surface area contributed by atoms with Crippen molar-refractivity contribution in [1.29, 1.82) is 0 Å². The Morgan fingerprint density at radius 2 is 1.55 bits per heavy atom.